The molecule has 0 bridgehead atoms. The molecule has 0 saturated carbocycles. The van der Waals surface area contributed by atoms with Gasteiger partial charge >= 0.3 is 0 Å². The molecule has 2 aromatic carbocycles. The first kappa shape index (κ1) is 11.1. The summed E-state index contributed by atoms with van der Waals surface area (Å²) in [4.78, 5) is 2.34. The predicted molar refractivity (Wildman–Crippen MR) is 70.9 cm³/mol. The molecule has 0 spiro atoms. The lowest BCUT2D eigenvalue weighted by Gasteiger charge is -2.06. The Labute approximate surface area is 101 Å². The van der Waals surface area contributed by atoms with E-state index in [1.165, 1.54) is 16.0 Å². The fourth-order valence-electron chi connectivity index (χ4n) is 1.49. The Hall–Kier alpha value is -1.41. The van der Waals surface area contributed by atoms with Crippen molar-refractivity contribution in [3.63, 3.8) is 0 Å². The van der Waals surface area contributed by atoms with Gasteiger partial charge in [0.25, 0.3) is 0 Å². The highest BCUT2D eigenvalue weighted by molar-refractivity contribution is 7.99. The molecule has 0 saturated heterocycles. The maximum atomic E-state index is 5.98. The fourth-order valence-corrected chi connectivity index (χ4v) is 2.33. The lowest BCUT2D eigenvalue weighted by atomic mass is 10.2. The molecule has 0 heterocycles. The van der Waals surface area contributed by atoms with Crippen LogP contribution in [0.3, 0.4) is 0 Å². The molecule has 0 aliphatic rings. The van der Waals surface area contributed by atoms with Crippen molar-refractivity contribution in [2.24, 2.45) is 0 Å². The van der Waals surface area contributed by atoms with Gasteiger partial charge in [0.2, 0.25) is 0 Å². The zero-order valence-corrected chi connectivity index (χ0v) is 10.3. The van der Waals surface area contributed by atoms with Gasteiger partial charge in [-0.15, -0.1) is 0 Å². The van der Waals surface area contributed by atoms with E-state index >= 15 is 0 Å². The quantitative estimate of drug-likeness (QED) is 0.787. The third-order valence-electron chi connectivity index (χ3n) is 2.41. The molecule has 0 fully saturated rings. The van der Waals surface area contributed by atoms with E-state index in [0.717, 1.165) is 10.6 Å². The lowest BCUT2D eigenvalue weighted by molar-refractivity contribution is 1.35. The summed E-state index contributed by atoms with van der Waals surface area (Å²) in [5.74, 6) is 0. The number of hydrogen-bond donors (Lipinski definition) is 1. The van der Waals surface area contributed by atoms with Gasteiger partial charge in [-0.05, 0) is 43.7 Å². The minimum atomic E-state index is 0.852. The van der Waals surface area contributed by atoms with Gasteiger partial charge in [0.1, 0.15) is 0 Å². The second-order valence-corrected chi connectivity index (χ2v) is 5.07. The Bertz CT molecular complexity index is 489. The predicted octanol–water partition coefficient (Wildman–Crippen LogP) is 4.04. The zero-order chi connectivity index (χ0) is 11.5. The van der Waals surface area contributed by atoms with Crippen molar-refractivity contribution < 1.29 is 0 Å². The zero-order valence-electron chi connectivity index (χ0n) is 9.53. The summed E-state index contributed by atoms with van der Waals surface area (Å²) < 4.78 is 0. The van der Waals surface area contributed by atoms with E-state index in [0.29, 0.717) is 0 Å². The fraction of sp³-hybridized carbons (Fsp3) is 0.143. The first-order valence-electron chi connectivity index (χ1n) is 5.26. The van der Waals surface area contributed by atoms with Crippen molar-refractivity contribution in [2.45, 2.75) is 23.6 Å². The van der Waals surface area contributed by atoms with Gasteiger partial charge in [-0.25, -0.2) is 0 Å². The first-order valence-corrected chi connectivity index (χ1v) is 6.07. The summed E-state index contributed by atoms with van der Waals surface area (Å²) >= 11 is 1.71. The molecule has 2 N–H and O–H groups in total. The largest absolute Gasteiger partial charge is 0.398 e. The molecule has 0 aromatic heterocycles. The number of nitrogens with two attached hydrogens (primary N) is 1. The Morgan fingerprint density at radius 3 is 2.12 bits per heavy atom. The standard InChI is InChI=1S/C14H15NS/c1-10-3-6-12(7-4-10)16-14-8-5-11(2)9-13(14)15/h3-9H,15H2,1-2H3. The lowest BCUT2D eigenvalue weighted by Crippen LogP contribution is -1.89. The molecule has 0 amide bonds. The van der Waals surface area contributed by atoms with Gasteiger partial charge in [0, 0.05) is 15.5 Å². The first-order chi connectivity index (χ1) is 7.65. The minimum Gasteiger partial charge on any atom is -0.398 e. The molecule has 2 rings (SSSR count). The Morgan fingerprint density at radius 1 is 0.875 bits per heavy atom. The van der Waals surface area contributed by atoms with Gasteiger partial charge in [0.15, 0.2) is 0 Å². The van der Waals surface area contributed by atoms with E-state index in [4.69, 9.17) is 5.73 Å². The number of nitrogen functional groups attached to an aromatic ring is 1. The van der Waals surface area contributed by atoms with Crippen LogP contribution in [0.25, 0.3) is 0 Å². The average Bonchev–Trinajstić information content (AvgIpc) is 2.25. The van der Waals surface area contributed by atoms with Crippen molar-refractivity contribution in [2.75, 3.05) is 5.73 Å². The van der Waals surface area contributed by atoms with Crippen molar-refractivity contribution in [3.8, 4) is 0 Å². The number of hydrogen-bond acceptors (Lipinski definition) is 2. The van der Waals surface area contributed by atoms with Gasteiger partial charge in [-0.2, -0.15) is 0 Å². The molecule has 16 heavy (non-hydrogen) atoms. The Kier molecular flexibility index (Phi) is 3.20. The molecule has 0 aliphatic heterocycles. The number of anilines is 1. The molecule has 2 aromatic rings. The van der Waals surface area contributed by atoms with Crippen LogP contribution >= 0.6 is 11.8 Å². The van der Waals surface area contributed by atoms with E-state index in [-0.39, 0.29) is 0 Å². The number of benzene rings is 2. The summed E-state index contributed by atoms with van der Waals surface area (Å²) in [5, 5.41) is 0. The molecule has 82 valence electrons. The molecule has 1 nitrogen and oxygen atoms in total. The van der Waals surface area contributed by atoms with E-state index < -0.39 is 0 Å². The molecule has 0 radical (unpaired) electrons. The topological polar surface area (TPSA) is 26.0 Å². The van der Waals surface area contributed by atoms with Crippen LogP contribution in [-0.2, 0) is 0 Å². The SMILES string of the molecule is Cc1ccc(Sc2ccc(C)cc2N)cc1. The van der Waals surface area contributed by atoms with Crippen molar-refractivity contribution in [1.82, 2.24) is 0 Å². The number of rotatable bonds is 2. The van der Waals surface area contributed by atoms with Gasteiger partial charge in [0.05, 0.1) is 0 Å². The summed E-state index contributed by atoms with van der Waals surface area (Å²) in [5.41, 5.74) is 9.31. The minimum absolute atomic E-state index is 0.852. The van der Waals surface area contributed by atoms with Crippen LogP contribution in [0.4, 0.5) is 5.69 Å². The maximum absolute atomic E-state index is 5.98. The van der Waals surface area contributed by atoms with Crippen molar-refractivity contribution in [3.05, 3.63) is 53.6 Å². The Balaban J connectivity index is 2.23. The highest BCUT2D eigenvalue weighted by Gasteiger charge is 2.01. The van der Waals surface area contributed by atoms with Crippen molar-refractivity contribution in [1.29, 1.82) is 0 Å². The number of aryl methyl sites for hydroxylation is 2. The third-order valence-corrected chi connectivity index (χ3v) is 3.51. The highest BCUT2D eigenvalue weighted by Crippen LogP contribution is 2.32. The van der Waals surface area contributed by atoms with E-state index in [9.17, 15) is 0 Å². The van der Waals surface area contributed by atoms with Crippen molar-refractivity contribution >= 4 is 17.4 Å². The van der Waals surface area contributed by atoms with E-state index in [1.54, 1.807) is 11.8 Å². The molecule has 0 atom stereocenters. The van der Waals surface area contributed by atoms with Crippen LogP contribution in [0.1, 0.15) is 11.1 Å². The van der Waals surface area contributed by atoms with Gasteiger partial charge in [-0.3, -0.25) is 0 Å². The summed E-state index contributed by atoms with van der Waals surface area (Å²) in [6.07, 6.45) is 0. The molecule has 0 aliphatic carbocycles. The second-order valence-electron chi connectivity index (χ2n) is 3.96. The molecule has 2 heteroatoms. The summed E-state index contributed by atoms with van der Waals surface area (Å²) in [6.45, 7) is 4.14. The molecular weight excluding hydrogens is 214 g/mol. The van der Waals surface area contributed by atoms with Crippen LogP contribution in [0.5, 0.6) is 0 Å². The molecule has 0 unspecified atom stereocenters. The van der Waals surface area contributed by atoms with Crippen LogP contribution in [0.15, 0.2) is 52.3 Å². The normalized spacial score (nSPS) is 10.4. The van der Waals surface area contributed by atoms with Gasteiger partial charge < -0.3 is 5.73 Å². The third kappa shape index (κ3) is 2.58. The smallest absolute Gasteiger partial charge is 0.0458 e. The monoisotopic (exact) mass is 229 g/mol. The highest BCUT2D eigenvalue weighted by atomic mass is 32.2. The van der Waals surface area contributed by atoms with Gasteiger partial charge in [-0.1, -0.05) is 35.5 Å². The maximum Gasteiger partial charge on any atom is 0.0458 e. The van der Waals surface area contributed by atoms with E-state index in [2.05, 4.69) is 50.2 Å². The van der Waals surface area contributed by atoms with Crippen LogP contribution in [0.2, 0.25) is 0 Å². The summed E-state index contributed by atoms with van der Waals surface area (Å²) in [6, 6.07) is 14.7. The summed E-state index contributed by atoms with van der Waals surface area (Å²) in [7, 11) is 0. The van der Waals surface area contributed by atoms with Crippen LogP contribution < -0.4 is 5.73 Å². The van der Waals surface area contributed by atoms with Crippen LogP contribution in [0, 0.1) is 13.8 Å². The van der Waals surface area contributed by atoms with E-state index in [1.807, 2.05) is 6.07 Å². The second kappa shape index (κ2) is 4.62. The average molecular weight is 229 g/mol. The molecular formula is C14H15NS. The van der Waals surface area contributed by atoms with Crippen LogP contribution in [-0.4, -0.2) is 0 Å². The Morgan fingerprint density at radius 2 is 1.50 bits per heavy atom.